The molecule has 0 aliphatic carbocycles. The Kier molecular flexibility index (Phi) is 2.96. The van der Waals surface area contributed by atoms with E-state index in [1.54, 1.807) is 23.3 Å². The molecule has 1 N–H and O–H groups in total. The number of thiophene rings is 1. The van der Waals surface area contributed by atoms with Gasteiger partial charge in [0.25, 0.3) is 5.91 Å². The first-order valence-electron chi connectivity index (χ1n) is 5.17. The lowest BCUT2D eigenvalue weighted by Crippen LogP contribution is -2.37. The SMILES string of the molecule is CC1C(C(=O)O)CCN1C(=O)c1ccsc1. The van der Waals surface area contributed by atoms with Crippen LogP contribution in [0.3, 0.4) is 0 Å². The molecule has 86 valence electrons. The first-order valence-corrected chi connectivity index (χ1v) is 6.11. The standard InChI is InChI=1S/C11H13NO3S/c1-7-9(11(14)15)2-4-12(7)10(13)8-3-5-16-6-8/h3,5-7,9H,2,4H2,1H3,(H,14,15). The van der Waals surface area contributed by atoms with E-state index in [0.717, 1.165) is 0 Å². The third-order valence-corrected chi connectivity index (χ3v) is 3.78. The average molecular weight is 239 g/mol. The Morgan fingerprint density at radius 3 is 2.81 bits per heavy atom. The minimum absolute atomic E-state index is 0.0579. The lowest BCUT2D eigenvalue weighted by atomic mass is 10.0. The predicted molar refractivity (Wildman–Crippen MR) is 60.6 cm³/mol. The van der Waals surface area contributed by atoms with Gasteiger partial charge in [-0.1, -0.05) is 0 Å². The van der Waals surface area contributed by atoms with Crippen molar-refractivity contribution in [2.24, 2.45) is 5.92 Å². The van der Waals surface area contributed by atoms with E-state index >= 15 is 0 Å². The molecular formula is C11H13NO3S. The van der Waals surface area contributed by atoms with E-state index < -0.39 is 11.9 Å². The summed E-state index contributed by atoms with van der Waals surface area (Å²) in [7, 11) is 0. The summed E-state index contributed by atoms with van der Waals surface area (Å²) in [5.41, 5.74) is 0.655. The molecule has 0 bridgehead atoms. The third-order valence-electron chi connectivity index (χ3n) is 3.10. The van der Waals surface area contributed by atoms with Crippen molar-refractivity contribution in [1.29, 1.82) is 0 Å². The Bertz CT molecular complexity index is 401. The van der Waals surface area contributed by atoms with Crippen molar-refractivity contribution < 1.29 is 14.7 Å². The lowest BCUT2D eigenvalue weighted by Gasteiger charge is -2.22. The Balaban J connectivity index is 2.13. The van der Waals surface area contributed by atoms with E-state index in [4.69, 9.17) is 5.11 Å². The van der Waals surface area contributed by atoms with Crippen LogP contribution in [0.2, 0.25) is 0 Å². The average Bonchev–Trinajstić information content (AvgIpc) is 2.84. The van der Waals surface area contributed by atoms with Crippen molar-refractivity contribution in [3.8, 4) is 0 Å². The number of hydrogen-bond donors (Lipinski definition) is 1. The highest BCUT2D eigenvalue weighted by Gasteiger charge is 2.38. The molecule has 0 spiro atoms. The fourth-order valence-electron chi connectivity index (χ4n) is 2.11. The Hall–Kier alpha value is -1.36. The molecular weight excluding hydrogens is 226 g/mol. The number of carbonyl (C=O) groups is 2. The highest BCUT2D eigenvalue weighted by molar-refractivity contribution is 7.08. The maximum absolute atomic E-state index is 12.0. The van der Waals surface area contributed by atoms with Gasteiger partial charge in [-0.25, -0.2) is 0 Å². The van der Waals surface area contributed by atoms with Crippen LogP contribution < -0.4 is 0 Å². The molecule has 4 nitrogen and oxygen atoms in total. The van der Waals surface area contributed by atoms with Crippen LogP contribution in [0.25, 0.3) is 0 Å². The fraction of sp³-hybridized carbons (Fsp3) is 0.455. The van der Waals surface area contributed by atoms with Gasteiger partial charge in [0.2, 0.25) is 0 Å². The molecule has 1 amide bonds. The number of carboxylic acids is 1. The number of aliphatic carboxylic acids is 1. The quantitative estimate of drug-likeness (QED) is 0.854. The highest BCUT2D eigenvalue weighted by atomic mass is 32.1. The summed E-state index contributed by atoms with van der Waals surface area (Å²) in [4.78, 5) is 24.6. The fourth-order valence-corrected chi connectivity index (χ4v) is 2.74. The third kappa shape index (κ3) is 1.82. The number of amides is 1. The largest absolute Gasteiger partial charge is 0.481 e. The minimum atomic E-state index is -0.812. The van der Waals surface area contributed by atoms with Gasteiger partial charge in [0.15, 0.2) is 0 Å². The van der Waals surface area contributed by atoms with Gasteiger partial charge in [-0.3, -0.25) is 9.59 Å². The molecule has 2 unspecified atom stereocenters. The summed E-state index contributed by atoms with van der Waals surface area (Å²) < 4.78 is 0. The van der Waals surface area contributed by atoms with E-state index in [1.165, 1.54) is 11.3 Å². The van der Waals surface area contributed by atoms with Crippen molar-refractivity contribution in [3.63, 3.8) is 0 Å². The zero-order valence-electron chi connectivity index (χ0n) is 8.92. The van der Waals surface area contributed by atoms with Gasteiger partial charge >= 0.3 is 5.97 Å². The highest BCUT2D eigenvalue weighted by Crippen LogP contribution is 2.26. The number of carboxylic acid groups (broad SMARTS) is 1. The van der Waals surface area contributed by atoms with E-state index in [-0.39, 0.29) is 11.9 Å². The maximum Gasteiger partial charge on any atom is 0.308 e. The van der Waals surface area contributed by atoms with E-state index in [0.29, 0.717) is 18.5 Å². The summed E-state index contributed by atoms with van der Waals surface area (Å²) in [5.74, 6) is -1.30. The van der Waals surface area contributed by atoms with Crippen LogP contribution in [-0.2, 0) is 4.79 Å². The molecule has 2 heterocycles. The summed E-state index contributed by atoms with van der Waals surface area (Å²) >= 11 is 1.47. The van der Waals surface area contributed by atoms with Gasteiger partial charge in [0, 0.05) is 18.0 Å². The summed E-state index contributed by atoms with van der Waals surface area (Å²) in [6.45, 7) is 2.34. The molecule has 1 aromatic rings. The van der Waals surface area contributed by atoms with Gasteiger partial charge in [0.05, 0.1) is 11.5 Å². The topological polar surface area (TPSA) is 57.6 Å². The molecule has 1 aromatic heterocycles. The van der Waals surface area contributed by atoms with Crippen LogP contribution in [0.1, 0.15) is 23.7 Å². The lowest BCUT2D eigenvalue weighted by molar-refractivity contribution is -0.142. The second kappa shape index (κ2) is 4.25. The first kappa shape index (κ1) is 11.1. The van der Waals surface area contributed by atoms with Crippen molar-refractivity contribution in [1.82, 2.24) is 4.90 Å². The molecule has 16 heavy (non-hydrogen) atoms. The predicted octanol–water partition coefficient (Wildman–Crippen LogP) is 1.68. The summed E-state index contributed by atoms with van der Waals surface area (Å²) in [6, 6.07) is 1.55. The maximum atomic E-state index is 12.0. The van der Waals surface area contributed by atoms with Crippen molar-refractivity contribution >= 4 is 23.2 Å². The van der Waals surface area contributed by atoms with Gasteiger partial charge < -0.3 is 10.0 Å². The molecule has 2 atom stereocenters. The van der Waals surface area contributed by atoms with Gasteiger partial charge in [-0.2, -0.15) is 11.3 Å². The second-order valence-electron chi connectivity index (χ2n) is 3.98. The van der Waals surface area contributed by atoms with Crippen LogP contribution in [0, 0.1) is 5.92 Å². The number of hydrogen-bond acceptors (Lipinski definition) is 3. The normalized spacial score (nSPS) is 24.7. The van der Waals surface area contributed by atoms with Crippen molar-refractivity contribution in [2.75, 3.05) is 6.54 Å². The van der Waals surface area contributed by atoms with Crippen LogP contribution in [0.15, 0.2) is 16.8 Å². The molecule has 0 saturated carbocycles. The number of nitrogens with zero attached hydrogens (tertiary/aromatic N) is 1. The summed E-state index contributed by atoms with van der Waals surface area (Å²) in [5, 5.41) is 12.6. The molecule has 1 aliphatic rings. The number of likely N-dealkylation sites (tertiary alicyclic amines) is 1. The molecule has 1 fully saturated rings. The Morgan fingerprint density at radius 2 is 2.31 bits per heavy atom. The summed E-state index contributed by atoms with van der Waals surface area (Å²) in [6.07, 6.45) is 0.548. The van der Waals surface area contributed by atoms with E-state index in [1.807, 2.05) is 5.38 Å². The zero-order chi connectivity index (χ0) is 11.7. The number of carbonyl (C=O) groups excluding carboxylic acids is 1. The zero-order valence-corrected chi connectivity index (χ0v) is 9.74. The van der Waals surface area contributed by atoms with Crippen molar-refractivity contribution in [2.45, 2.75) is 19.4 Å². The second-order valence-corrected chi connectivity index (χ2v) is 4.76. The molecule has 1 aliphatic heterocycles. The van der Waals surface area contributed by atoms with Gasteiger partial charge in [0.1, 0.15) is 0 Å². The van der Waals surface area contributed by atoms with Crippen LogP contribution in [-0.4, -0.2) is 34.5 Å². The molecule has 2 rings (SSSR count). The van der Waals surface area contributed by atoms with E-state index in [9.17, 15) is 9.59 Å². The minimum Gasteiger partial charge on any atom is -0.481 e. The van der Waals surface area contributed by atoms with Crippen molar-refractivity contribution in [3.05, 3.63) is 22.4 Å². The van der Waals surface area contributed by atoms with E-state index in [2.05, 4.69) is 0 Å². The van der Waals surface area contributed by atoms with Crippen LogP contribution in [0.4, 0.5) is 0 Å². The number of rotatable bonds is 2. The Morgan fingerprint density at radius 1 is 1.56 bits per heavy atom. The van der Waals surface area contributed by atoms with Gasteiger partial charge in [-0.05, 0) is 24.8 Å². The molecule has 0 radical (unpaired) electrons. The first-order chi connectivity index (χ1) is 7.61. The smallest absolute Gasteiger partial charge is 0.308 e. The molecule has 0 aromatic carbocycles. The molecule has 5 heteroatoms. The van der Waals surface area contributed by atoms with Gasteiger partial charge in [-0.15, -0.1) is 0 Å². The Labute approximate surface area is 97.5 Å². The van der Waals surface area contributed by atoms with Crippen LogP contribution >= 0.6 is 11.3 Å². The van der Waals surface area contributed by atoms with Crippen LogP contribution in [0.5, 0.6) is 0 Å². The monoisotopic (exact) mass is 239 g/mol. The molecule has 1 saturated heterocycles.